The molecule has 3 N–H and O–H groups in total. The third-order valence-corrected chi connectivity index (χ3v) is 2.55. The predicted octanol–water partition coefficient (Wildman–Crippen LogP) is 0.885. The Morgan fingerprint density at radius 2 is 2.12 bits per heavy atom. The van der Waals surface area contributed by atoms with Crippen LogP contribution in [0.5, 0.6) is 0 Å². The van der Waals surface area contributed by atoms with E-state index in [1.54, 1.807) is 0 Å². The van der Waals surface area contributed by atoms with Crippen molar-refractivity contribution < 1.29 is 20.1 Å². The van der Waals surface area contributed by atoms with Gasteiger partial charge in [-0.15, -0.1) is 0 Å². The van der Waals surface area contributed by atoms with E-state index in [1.165, 1.54) is 24.3 Å². The van der Waals surface area contributed by atoms with Crippen LogP contribution in [0.1, 0.15) is 17.2 Å². The number of benzene rings is 1. The van der Waals surface area contributed by atoms with E-state index in [9.17, 15) is 9.90 Å². The lowest BCUT2D eigenvalue weighted by molar-refractivity contribution is -0.136. The summed E-state index contributed by atoms with van der Waals surface area (Å²) < 4.78 is 0. The summed E-state index contributed by atoms with van der Waals surface area (Å²) in [6.45, 7) is 0. The molecule has 0 aliphatic rings. The van der Waals surface area contributed by atoms with E-state index in [2.05, 4.69) is 0 Å². The molecule has 0 aliphatic carbocycles. The average molecular weight is 256 g/mol. The molecule has 0 saturated carbocycles. The van der Waals surface area contributed by atoms with Crippen LogP contribution in [0.15, 0.2) is 18.2 Å². The van der Waals surface area contributed by atoms with E-state index in [-0.39, 0.29) is 17.0 Å². The molecule has 0 aromatic heterocycles. The summed E-state index contributed by atoms with van der Waals surface area (Å²) in [5.74, 6) is -1.06. The molecule has 0 heterocycles. The Hall–Kier alpha value is -1.61. The minimum Gasteiger partial charge on any atom is -0.481 e. The van der Waals surface area contributed by atoms with Crippen LogP contribution < -0.4 is 0 Å². The van der Waals surface area contributed by atoms with Crippen LogP contribution in [0.3, 0.4) is 0 Å². The molecular weight excluding hydrogens is 246 g/mol. The first-order valence-electron chi connectivity index (χ1n) is 4.71. The van der Waals surface area contributed by atoms with Crippen molar-refractivity contribution in [1.29, 1.82) is 5.26 Å². The number of nitrogens with zero attached hydrogens (tertiary/aromatic N) is 1. The van der Waals surface area contributed by atoms with Crippen molar-refractivity contribution in [2.75, 3.05) is 0 Å². The molecule has 0 amide bonds. The maximum absolute atomic E-state index is 10.6. The van der Waals surface area contributed by atoms with Gasteiger partial charge in [-0.1, -0.05) is 23.7 Å². The first-order chi connectivity index (χ1) is 7.95. The van der Waals surface area contributed by atoms with Gasteiger partial charge in [0.1, 0.15) is 6.10 Å². The van der Waals surface area contributed by atoms with Crippen molar-refractivity contribution >= 4 is 17.6 Å². The van der Waals surface area contributed by atoms with Crippen LogP contribution in [0, 0.1) is 11.3 Å². The number of rotatable bonds is 4. The number of aliphatic hydroxyl groups excluding tert-OH is 2. The van der Waals surface area contributed by atoms with Gasteiger partial charge in [0, 0.05) is 5.02 Å². The number of aliphatic hydroxyl groups is 2. The van der Waals surface area contributed by atoms with Crippen LogP contribution in [-0.2, 0) is 11.2 Å². The second-order valence-electron chi connectivity index (χ2n) is 3.44. The third kappa shape index (κ3) is 3.43. The Bertz CT molecular complexity index is 469. The van der Waals surface area contributed by atoms with Crippen molar-refractivity contribution in [3.8, 4) is 6.07 Å². The van der Waals surface area contributed by atoms with Crippen LogP contribution in [0.4, 0.5) is 0 Å². The van der Waals surface area contributed by atoms with E-state index < -0.39 is 18.2 Å². The number of hydrogen-bond donors (Lipinski definition) is 3. The SMILES string of the molecule is N#CC(O)C(O)c1ccc(Cl)c(CC(=O)O)c1. The number of carbonyl (C=O) groups is 1. The van der Waals surface area contributed by atoms with Crippen LogP contribution in [0.25, 0.3) is 0 Å². The first-order valence-corrected chi connectivity index (χ1v) is 5.09. The molecule has 0 fully saturated rings. The van der Waals surface area contributed by atoms with Gasteiger partial charge in [-0.25, -0.2) is 0 Å². The third-order valence-electron chi connectivity index (χ3n) is 2.18. The molecule has 6 heteroatoms. The summed E-state index contributed by atoms with van der Waals surface area (Å²) in [4.78, 5) is 10.6. The number of nitriles is 1. The van der Waals surface area contributed by atoms with Crippen LogP contribution in [0.2, 0.25) is 5.02 Å². The highest BCUT2D eigenvalue weighted by atomic mass is 35.5. The molecule has 17 heavy (non-hydrogen) atoms. The lowest BCUT2D eigenvalue weighted by Gasteiger charge is -2.13. The second-order valence-corrected chi connectivity index (χ2v) is 3.85. The van der Waals surface area contributed by atoms with Gasteiger partial charge in [0.25, 0.3) is 0 Å². The normalized spacial score (nSPS) is 13.8. The number of halogens is 1. The minimum absolute atomic E-state index is 0.250. The molecule has 0 aliphatic heterocycles. The van der Waals surface area contributed by atoms with Gasteiger partial charge in [0.15, 0.2) is 6.10 Å². The van der Waals surface area contributed by atoms with Crippen molar-refractivity contribution in [3.05, 3.63) is 34.3 Å². The predicted molar refractivity (Wildman–Crippen MR) is 59.4 cm³/mol. The van der Waals surface area contributed by atoms with E-state index in [4.69, 9.17) is 27.1 Å². The second kappa shape index (κ2) is 5.64. The molecule has 1 rings (SSSR count). The van der Waals surface area contributed by atoms with Gasteiger partial charge < -0.3 is 15.3 Å². The number of aliphatic carboxylic acids is 1. The molecule has 2 atom stereocenters. The zero-order valence-electron chi connectivity index (χ0n) is 8.67. The Morgan fingerprint density at radius 1 is 1.47 bits per heavy atom. The molecule has 5 nitrogen and oxygen atoms in total. The minimum atomic E-state index is -1.56. The Balaban J connectivity index is 3.04. The highest BCUT2D eigenvalue weighted by molar-refractivity contribution is 6.31. The van der Waals surface area contributed by atoms with E-state index in [0.29, 0.717) is 5.56 Å². The first kappa shape index (κ1) is 13.5. The molecular formula is C11H10ClNO4. The van der Waals surface area contributed by atoms with Crippen molar-refractivity contribution in [3.63, 3.8) is 0 Å². The van der Waals surface area contributed by atoms with Gasteiger partial charge in [-0.3, -0.25) is 4.79 Å². The fourth-order valence-corrected chi connectivity index (χ4v) is 1.51. The largest absolute Gasteiger partial charge is 0.481 e. The highest BCUT2D eigenvalue weighted by Crippen LogP contribution is 2.23. The Kier molecular flexibility index (Phi) is 4.46. The van der Waals surface area contributed by atoms with Gasteiger partial charge in [0.05, 0.1) is 12.5 Å². The number of carboxylic acid groups (broad SMARTS) is 1. The summed E-state index contributed by atoms with van der Waals surface area (Å²) in [6, 6.07) is 5.71. The van der Waals surface area contributed by atoms with Crippen LogP contribution in [-0.4, -0.2) is 27.4 Å². The molecule has 1 aromatic carbocycles. The Morgan fingerprint density at radius 3 is 2.65 bits per heavy atom. The van der Waals surface area contributed by atoms with Crippen LogP contribution >= 0.6 is 11.6 Å². The maximum Gasteiger partial charge on any atom is 0.307 e. The summed E-state index contributed by atoms with van der Waals surface area (Å²) in [6.07, 6.45) is -3.24. The quantitative estimate of drug-likeness (QED) is 0.694. The smallest absolute Gasteiger partial charge is 0.307 e. The fraction of sp³-hybridized carbons (Fsp3) is 0.273. The molecule has 90 valence electrons. The van der Waals surface area contributed by atoms with Gasteiger partial charge >= 0.3 is 5.97 Å². The van der Waals surface area contributed by atoms with Gasteiger partial charge in [-0.05, 0) is 17.2 Å². The van der Waals surface area contributed by atoms with Gasteiger partial charge in [0.2, 0.25) is 0 Å². The van der Waals surface area contributed by atoms with Crippen molar-refractivity contribution in [2.24, 2.45) is 0 Å². The molecule has 0 bridgehead atoms. The summed E-state index contributed by atoms with van der Waals surface area (Å²) >= 11 is 5.79. The molecule has 0 spiro atoms. The highest BCUT2D eigenvalue weighted by Gasteiger charge is 2.19. The standard InChI is InChI=1S/C11H10ClNO4/c12-8-2-1-6(11(17)9(14)5-13)3-7(8)4-10(15)16/h1-3,9,11,14,17H,4H2,(H,15,16). The van der Waals surface area contributed by atoms with Crippen molar-refractivity contribution in [1.82, 2.24) is 0 Å². The van der Waals surface area contributed by atoms with E-state index in [1.807, 2.05) is 0 Å². The zero-order valence-corrected chi connectivity index (χ0v) is 9.42. The number of hydrogen-bond acceptors (Lipinski definition) is 4. The summed E-state index contributed by atoms with van der Waals surface area (Å²) in [5.41, 5.74) is 0.570. The molecule has 2 unspecified atom stereocenters. The molecule has 1 aromatic rings. The summed E-state index contributed by atoms with van der Waals surface area (Å²) in [5, 5.41) is 36.1. The lowest BCUT2D eigenvalue weighted by Crippen LogP contribution is -2.16. The Labute approximate surface area is 102 Å². The van der Waals surface area contributed by atoms with Crippen molar-refractivity contribution in [2.45, 2.75) is 18.6 Å². The van der Waals surface area contributed by atoms with E-state index >= 15 is 0 Å². The lowest BCUT2D eigenvalue weighted by atomic mass is 10.0. The average Bonchev–Trinajstić information content (AvgIpc) is 2.29. The molecule has 0 saturated heterocycles. The topological polar surface area (TPSA) is 102 Å². The monoisotopic (exact) mass is 255 g/mol. The maximum atomic E-state index is 10.6. The molecule has 0 radical (unpaired) electrons. The zero-order chi connectivity index (χ0) is 13.0. The summed E-state index contributed by atoms with van der Waals surface area (Å²) in [7, 11) is 0. The van der Waals surface area contributed by atoms with E-state index in [0.717, 1.165) is 0 Å². The number of carboxylic acids is 1. The fourth-order valence-electron chi connectivity index (χ4n) is 1.33. The van der Waals surface area contributed by atoms with Gasteiger partial charge in [-0.2, -0.15) is 5.26 Å².